The second-order valence-electron chi connectivity index (χ2n) is 5.38. The lowest BCUT2D eigenvalue weighted by Crippen LogP contribution is -2.20. The van der Waals surface area contributed by atoms with Crippen LogP contribution in [0.25, 0.3) is 0 Å². The Morgan fingerprint density at radius 1 is 0.905 bits per heavy atom. The molecule has 0 saturated carbocycles. The SMILES string of the molecule is Cc1ccc(NC(=O)COc2ccc(C)c(C)c2)cc1C. The second-order valence-corrected chi connectivity index (χ2v) is 5.38. The smallest absolute Gasteiger partial charge is 0.262 e. The lowest BCUT2D eigenvalue weighted by Gasteiger charge is -2.10. The normalized spacial score (nSPS) is 10.3. The molecule has 0 aliphatic heterocycles. The summed E-state index contributed by atoms with van der Waals surface area (Å²) in [6.45, 7) is 8.15. The molecule has 2 aromatic rings. The van der Waals surface area contributed by atoms with Gasteiger partial charge >= 0.3 is 0 Å². The third-order valence-electron chi connectivity index (χ3n) is 3.64. The number of amides is 1. The average Bonchev–Trinajstić information content (AvgIpc) is 2.44. The number of nitrogens with one attached hydrogen (secondary N) is 1. The highest BCUT2D eigenvalue weighted by Crippen LogP contribution is 2.17. The molecule has 0 aliphatic rings. The van der Waals surface area contributed by atoms with E-state index in [1.165, 1.54) is 11.1 Å². The van der Waals surface area contributed by atoms with Crippen LogP contribution in [0, 0.1) is 27.7 Å². The Kier molecular flexibility index (Phi) is 4.63. The summed E-state index contributed by atoms with van der Waals surface area (Å²) in [5.41, 5.74) is 5.53. The highest BCUT2D eigenvalue weighted by atomic mass is 16.5. The fourth-order valence-electron chi connectivity index (χ4n) is 1.97. The van der Waals surface area contributed by atoms with E-state index < -0.39 is 0 Å². The van der Waals surface area contributed by atoms with Crippen LogP contribution in [0.5, 0.6) is 5.75 Å². The Balaban J connectivity index is 1.92. The summed E-state index contributed by atoms with van der Waals surface area (Å²) in [5.74, 6) is 0.560. The minimum atomic E-state index is -0.156. The molecule has 0 aliphatic carbocycles. The number of ether oxygens (including phenoxy) is 1. The first-order valence-corrected chi connectivity index (χ1v) is 7.03. The molecule has 0 heterocycles. The number of rotatable bonds is 4. The third kappa shape index (κ3) is 4.09. The summed E-state index contributed by atoms with van der Waals surface area (Å²) < 4.78 is 5.52. The summed E-state index contributed by atoms with van der Waals surface area (Å²) in [6.07, 6.45) is 0. The van der Waals surface area contributed by atoms with Crippen LogP contribution in [0.3, 0.4) is 0 Å². The number of benzene rings is 2. The van der Waals surface area contributed by atoms with Gasteiger partial charge in [0.25, 0.3) is 5.91 Å². The summed E-state index contributed by atoms with van der Waals surface area (Å²) in [6, 6.07) is 11.7. The zero-order chi connectivity index (χ0) is 15.4. The molecule has 0 saturated heterocycles. The fraction of sp³-hybridized carbons (Fsp3) is 0.278. The lowest BCUT2D eigenvalue weighted by atomic mass is 10.1. The second kappa shape index (κ2) is 6.44. The van der Waals surface area contributed by atoms with Crippen LogP contribution >= 0.6 is 0 Å². The number of hydrogen-bond acceptors (Lipinski definition) is 2. The number of aryl methyl sites for hydroxylation is 4. The van der Waals surface area contributed by atoms with Crippen molar-refractivity contribution in [3.63, 3.8) is 0 Å². The van der Waals surface area contributed by atoms with Crippen molar-refractivity contribution in [1.82, 2.24) is 0 Å². The molecule has 2 rings (SSSR count). The first-order valence-electron chi connectivity index (χ1n) is 7.03. The third-order valence-corrected chi connectivity index (χ3v) is 3.64. The monoisotopic (exact) mass is 283 g/mol. The van der Waals surface area contributed by atoms with Crippen LogP contribution < -0.4 is 10.1 Å². The van der Waals surface area contributed by atoms with Crippen LogP contribution in [0.1, 0.15) is 22.3 Å². The van der Waals surface area contributed by atoms with Gasteiger partial charge in [0.2, 0.25) is 0 Å². The van der Waals surface area contributed by atoms with Crippen LogP contribution in [-0.4, -0.2) is 12.5 Å². The molecule has 0 aromatic heterocycles. The highest BCUT2D eigenvalue weighted by molar-refractivity contribution is 5.92. The van der Waals surface area contributed by atoms with E-state index in [2.05, 4.69) is 5.32 Å². The Bertz CT molecular complexity index is 662. The summed E-state index contributed by atoms with van der Waals surface area (Å²) in [5, 5.41) is 2.84. The van der Waals surface area contributed by atoms with Crippen molar-refractivity contribution in [3.8, 4) is 5.75 Å². The van der Waals surface area contributed by atoms with E-state index in [1.54, 1.807) is 0 Å². The van der Waals surface area contributed by atoms with Crippen LogP contribution in [-0.2, 0) is 4.79 Å². The van der Waals surface area contributed by atoms with E-state index in [-0.39, 0.29) is 12.5 Å². The van der Waals surface area contributed by atoms with Crippen LogP contribution in [0.2, 0.25) is 0 Å². The maximum absolute atomic E-state index is 11.9. The Morgan fingerprint density at radius 3 is 2.14 bits per heavy atom. The largest absolute Gasteiger partial charge is 0.484 e. The van der Waals surface area contributed by atoms with Gasteiger partial charge in [0.1, 0.15) is 5.75 Å². The van der Waals surface area contributed by atoms with E-state index >= 15 is 0 Å². The van der Waals surface area contributed by atoms with Crippen LogP contribution in [0.4, 0.5) is 5.69 Å². The molecule has 1 N–H and O–H groups in total. The number of anilines is 1. The molecule has 0 unspecified atom stereocenters. The predicted molar refractivity (Wildman–Crippen MR) is 86.0 cm³/mol. The molecule has 21 heavy (non-hydrogen) atoms. The Hall–Kier alpha value is -2.29. The van der Waals surface area contributed by atoms with Gasteiger partial charge in [-0.25, -0.2) is 0 Å². The quantitative estimate of drug-likeness (QED) is 0.923. The zero-order valence-corrected chi connectivity index (χ0v) is 13.0. The fourth-order valence-corrected chi connectivity index (χ4v) is 1.97. The molecular weight excluding hydrogens is 262 g/mol. The minimum Gasteiger partial charge on any atom is -0.484 e. The van der Waals surface area contributed by atoms with Crippen molar-refractivity contribution < 1.29 is 9.53 Å². The van der Waals surface area contributed by atoms with Gasteiger partial charge in [-0.3, -0.25) is 4.79 Å². The van der Waals surface area contributed by atoms with Gasteiger partial charge in [0.15, 0.2) is 6.61 Å². The molecule has 0 radical (unpaired) electrons. The van der Waals surface area contributed by atoms with Gasteiger partial charge in [-0.05, 0) is 74.2 Å². The van der Waals surface area contributed by atoms with Crippen molar-refractivity contribution in [3.05, 3.63) is 58.7 Å². The van der Waals surface area contributed by atoms with Gasteiger partial charge in [-0.1, -0.05) is 12.1 Å². The maximum Gasteiger partial charge on any atom is 0.262 e. The van der Waals surface area contributed by atoms with E-state index in [0.717, 1.165) is 16.8 Å². The van der Waals surface area contributed by atoms with Crippen molar-refractivity contribution >= 4 is 11.6 Å². The zero-order valence-electron chi connectivity index (χ0n) is 13.0. The van der Waals surface area contributed by atoms with Gasteiger partial charge in [-0.15, -0.1) is 0 Å². The summed E-state index contributed by atoms with van der Waals surface area (Å²) in [4.78, 5) is 11.9. The van der Waals surface area contributed by atoms with Gasteiger partial charge < -0.3 is 10.1 Å². The van der Waals surface area contributed by atoms with Gasteiger partial charge in [0.05, 0.1) is 0 Å². The molecule has 3 heteroatoms. The first kappa shape index (κ1) is 15.1. The molecule has 0 bridgehead atoms. The van der Waals surface area contributed by atoms with Crippen molar-refractivity contribution in [1.29, 1.82) is 0 Å². The molecule has 0 fully saturated rings. The molecular formula is C18H21NO2. The summed E-state index contributed by atoms with van der Waals surface area (Å²) in [7, 11) is 0. The van der Waals surface area contributed by atoms with Crippen molar-refractivity contribution in [2.24, 2.45) is 0 Å². The number of carbonyl (C=O) groups is 1. The van der Waals surface area contributed by atoms with E-state index in [1.807, 2.05) is 64.1 Å². The maximum atomic E-state index is 11.9. The van der Waals surface area contributed by atoms with E-state index in [0.29, 0.717) is 5.75 Å². The number of carbonyl (C=O) groups excluding carboxylic acids is 1. The molecule has 0 atom stereocenters. The summed E-state index contributed by atoms with van der Waals surface area (Å²) >= 11 is 0. The standard InChI is InChI=1S/C18H21NO2/c1-12-5-7-16(9-14(12)3)19-18(20)11-21-17-8-6-13(2)15(4)10-17/h5-10H,11H2,1-4H3,(H,19,20). The van der Waals surface area contributed by atoms with Crippen molar-refractivity contribution in [2.75, 3.05) is 11.9 Å². The van der Waals surface area contributed by atoms with E-state index in [9.17, 15) is 4.79 Å². The molecule has 1 amide bonds. The molecule has 110 valence electrons. The van der Waals surface area contributed by atoms with Crippen molar-refractivity contribution in [2.45, 2.75) is 27.7 Å². The van der Waals surface area contributed by atoms with Crippen LogP contribution in [0.15, 0.2) is 36.4 Å². The molecule has 2 aromatic carbocycles. The topological polar surface area (TPSA) is 38.3 Å². The molecule has 0 spiro atoms. The van der Waals surface area contributed by atoms with Gasteiger partial charge in [-0.2, -0.15) is 0 Å². The lowest BCUT2D eigenvalue weighted by molar-refractivity contribution is -0.118. The first-order chi connectivity index (χ1) is 9.95. The average molecular weight is 283 g/mol. The Labute approximate surface area is 126 Å². The Morgan fingerprint density at radius 2 is 1.52 bits per heavy atom. The molecule has 3 nitrogen and oxygen atoms in total. The minimum absolute atomic E-state index is 0.00935. The highest BCUT2D eigenvalue weighted by Gasteiger charge is 2.05. The van der Waals surface area contributed by atoms with Gasteiger partial charge in [0, 0.05) is 5.69 Å². The number of hydrogen-bond donors (Lipinski definition) is 1. The van der Waals surface area contributed by atoms with E-state index in [4.69, 9.17) is 4.74 Å². The predicted octanol–water partition coefficient (Wildman–Crippen LogP) is 3.94.